The van der Waals surface area contributed by atoms with Gasteiger partial charge in [0, 0.05) is 18.8 Å². The van der Waals surface area contributed by atoms with Crippen LogP contribution >= 0.6 is 0 Å². The highest BCUT2D eigenvalue weighted by atomic mass is 15.1. The van der Waals surface area contributed by atoms with Gasteiger partial charge in [0.15, 0.2) is 0 Å². The standard InChI is InChI=1S/C52H83N5/c1-3-5-7-9-11-13-15-17-19-21-23-25-27-29-31-33-43-57(44-34-32-30-28-26-24-22-20-18-16-14-12-10-8-6-4-2)52-41-39-51(40-42-52)56-55-50-37-35-48(36-38-50)45-49(46-53)47-54/h35-42,45H,3-34,43-44H2,1-2H3. The van der Waals surface area contributed by atoms with Crippen molar-refractivity contribution in [2.24, 2.45) is 10.2 Å². The zero-order valence-corrected chi connectivity index (χ0v) is 37.0. The molecule has 57 heavy (non-hydrogen) atoms. The molecule has 0 unspecified atom stereocenters. The van der Waals surface area contributed by atoms with Crippen LogP contribution in [0, 0.1) is 22.7 Å². The maximum absolute atomic E-state index is 9.01. The van der Waals surface area contributed by atoms with Crippen molar-refractivity contribution in [2.45, 2.75) is 219 Å². The number of azo groups is 1. The smallest absolute Gasteiger partial charge is 0.130 e. The number of nitrogens with zero attached hydrogens (tertiary/aromatic N) is 5. The summed E-state index contributed by atoms with van der Waals surface area (Å²) in [6.45, 7) is 6.84. The fraction of sp³-hybridized carbons (Fsp3) is 0.692. The average molecular weight is 778 g/mol. The van der Waals surface area contributed by atoms with E-state index in [1.54, 1.807) is 6.08 Å². The molecule has 0 N–H and O–H groups in total. The van der Waals surface area contributed by atoms with Crippen molar-refractivity contribution < 1.29 is 0 Å². The van der Waals surface area contributed by atoms with E-state index in [4.69, 9.17) is 10.5 Å². The predicted molar refractivity (Wildman–Crippen MR) is 248 cm³/mol. The second-order valence-corrected chi connectivity index (χ2v) is 16.7. The SMILES string of the molecule is CCCCCCCCCCCCCCCCCCN(CCCCCCCCCCCCCCCCCC)c1ccc(N=Nc2ccc(C=C(C#N)C#N)cc2)cc1. The Morgan fingerprint density at radius 1 is 0.421 bits per heavy atom. The molecule has 0 aliphatic carbocycles. The van der Waals surface area contributed by atoms with E-state index >= 15 is 0 Å². The Balaban J connectivity index is 1.71. The minimum absolute atomic E-state index is 0.0862. The Labute approximate surface area is 351 Å². The number of nitriles is 2. The Kier molecular flexibility index (Phi) is 32.2. The quantitative estimate of drug-likeness (QED) is 0.0387. The zero-order chi connectivity index (χ0) is 40.7. The highest BCUT2D eigenvalue weighted by molar-refractivity contribution is 5.63. The molecule has 0 saturated heterocycles. The Morgan fingerprint density at radius 3 is 1.00 bits per heavy atom. The molecule has 5 heteroatoms. The van der Waals surface area contributed by atoms with Crippen molar-refractivity contribution in [2.75, 3.05) is 18.0 Å². The summed E-state index contributed by atoms with van der Waals surface area (Å²) in [6, 6.07) is 19.8. The maximum Gasteiger partial charge on any atom is 0.130 e. The van der Waals surface area contributed by atoms with E-state index < -0.39 is 0 Å². The van der Waals surface area contributed by atoms with Gasteiger partial charge in [0.2, 0.25) is 0 Å². The van der Waals surface area contributed by atoms with Crippen LogP contribution in [0.25, 0.3) is 6.08 Å². The number of hydrogen-bond acceptors (Lipinski definition) is 5. The van der Waals surface area contributed by atoms with Gasteiger partial charge in [-0.3, -0.25) is 0 Å². The summed E-state index contributed by atoms with van der Waals surface area (Å²) in [5.74, 6) is 0. The third-order valence-electron chi connectivity index (χ3n) is 11.5. The molecule has 0 spiro atoms. The molecular weight excluding hydrogens is 695 g/mol. The molecule has 2 aromatic carbocycles. The largest absolute Gasteiger partial charge is 0.372 e. The van der Waals surface area contributed by atoms with Gasteiger partial charge in [-0.1, -0.05) is 219 Å². The third-order valence-corrected chi connectivity index (χ3v) is 11.5. The Bertz CT molecular complexity index is 1290. The number of unbranched alkanes of at least 4 members (excludes halogenated alkanes) is 30. The molecule has 2 rings (SSSR count). The summed E-state index contributed by atoms with van der Waals surface area (Å²) in [4.78, 5) is 2.61. The van der Waals surface area contributed by atoms with Crippen molar-refractivity contribution in [3.63, 3.8) is 0 Å². The van der Waals surface area contributed by atoms with Crippen molar-refractivity contribution in [1.82, 2.24) is 0 Å². The van der Waals surface area contributed by atoms with Gasteiger partial charge in [-0.25, -0.2) is 0 Å². The lowest BCUT2D eigenvalue weighted by Gasteiger charge is -2.25. The van der Waals surface area contributed by atoms with Gasteiger partial charge in [-0.2, -0.15) is 20.8 Å². The van der Waals surface area contributed by atoms with Crippen LogP contribution in [0.5, 0.6) is 0 Å². The second-order valence-electron chi connectivity index (χ2n) is 16.7. The molecule has 0 aromatic heterocycles. The normalized spacial score (nSPS) is 11.2. The lowest BCUT2D eigenvalue weighted by Crippen LogP contribution is -2.25. The van der Waals surface area contributed by atoms with Gasteiger partial charge >= 0.3 is 0 Å². The fourth-order valence-electron chi connectivity index (χ4n) is 7.81. The van der Waals surface area contributed by atoms with Crippen LogP contribution in [-0.4, -0.2) is 13.1 Å². The van der Waals surface area contributed by atoms with Crippen molar-refractivity contribution in [3.8, 4) is 12.1 Å². The summed E-state index contributed by atoms with van der Waals surface area (Å²) in [6.07, 6.45) is 46.4. The van der Waals surface area contributed by atoms with Crippen molar-refractivity contribution in [3.05, 3.63) is 59.7 Å². The molecule has 0 amide bonds. The summed E-state index contributed by atoms with van der Waals surface area (Å²) >= 11 is 0. The van der Waals surface area contributed by atoms with Gasteiger partial charge in [0.05, 0.1) is 11.4 Å². The second kappa shape index (κ2) is 36.9. The van der Waals surface area contributed by atoms with Crippen molar-refractivity contribution in [1.29, 1.82) is 10.5 Å². The lowest BCUT2D eigenvalue weighted by atomic mass is 10.0. The summed E-state index contributed by atoms with van der Waals surface area (Å²) in [5, 5.41) is 26.9. The molecule has 0 atom stereocenters. The van der Waals surface area contributed by atoms with Crippen LogP contribution in [0.15, 0.2) is 64.3 Å². The molecule has 0 bridgehead atoms. The monoisotopic (exact) mass is 778 g/mol. The van der Waals surface area contributed by atoms with E-state index in [2.05, 4.69) is 53.2 Å². The van der Waals surface area contributed by atoms with Gasteiger partial charge in [0.25, 0.3) is 0 Å². The lowest BCUT2D eigenvalue weighted by molar-refractivity contribution is 0.524. The molecule has 5 nitrogen and oxygen atoms in total. The highest BCUT2D eigenvalue weighted by Gasteiger charge is 2.07. The molecule has 0 radical (unpaired) electrons. The number of rotatable bonds is 38. The summed E-state index contributed by atoms with van der Waals surface area (Å²) in [5.41, 5.74) is 3.75. The van der Waals surface area contributed by atoms with Gasteiger partial charge in [-0.05, 0) is 60.9 Å². The highest BCUT2D eigenvalue weighted by Crippen LogP contribution is 2.25. The number of hydrogen-bond donors (Lipinski definition) is 0. The van der Waals surface area contributed by atoms with Gasteiger partial charge in [0.1, 0.15) is 17.7 Å². The number of anilines is 1. The van der Waals surface area contributed by atoms with E-state index in [9.17, 15) is 0 Å². The van der Waals surface area contributed by atoms with E-state index in [0.29, 0.717) is 0 Å². The minimum atomic E-state index is 0.0862. The molecule has 0 heterocycles. The van der Waals surface area contributed by atoms with Crippen LogP contribution < -0.4 is 4.90 Å². The molecule has 0 aliphatic heterocycles. The first kappa shape index (κ1) is 49.7. The fourth-order valence-corrected chi connectivity index (χ4v) is 7.81. The van der Waals surface area contributed by atoms with E-state index in [-0.39, 0.29) is 5.57 Å². The van der Waals surface area contributed by atoms with Crippen molar-refractivity contribution >= 4 is 23.1 Å². The molecule has 0 saturated carbocycles. The summed E-state index contributed by atoms with van der Waals surface area (Å²) in [7, 11) is 0. The molecule has 0 aliphatic rings. The molecular formula is C52H83N5. The Hall–Kier alpha value is -3.44. The van der Waals surface area contributed by atoms with Gasteiger partial charge < -0.3 is 4.90 Å². The number of benzene rings is 2. The van der Waals surface area contributed by atoms with Crippen LogP contribution in [0.3, 0.4) is 0 Å². The first-order valence-corrected chi connectivity index (χ1v) is 24.1. The van der Waals surface area contributed by atoms with Crippen LogP contribution in [0.1, 0.15) is 225 Å². The van der Waals surface area contributed by atoms with Crippen LogP contribution in [0.2, 0.25) is 0 Å². The van der Waals surface area contributed by atoms with E-state index in [1.165, 1.54) is 211 Å². The molecule has 2 aromatic rings. The molecule has 316 valence electrons. The summed E-state index contributed by atoms with van der Waals surface area (Å²) < 4.78 is 0. The third kappa shape index (κ3) is 27.8. The average Bonchev–Trinajstić information content (AvgIpc) is 3.24. The number of allylic oxidation sites excluding steroid dienone is 1. The minimum Gasteiger partial charge on any atom is -0.372 e. The van der Waals surface area contributed by atoms with Crippen LogP contribution in [-0.2, 0) is 0 Å². The maximum atomic E-state index is 9.01. The first-order chi connectivity index (χ1) is 28.2. The van der Waals surface area contributed by atoms with Gasteiger partial charge in [-0.15, -0.1) is 0 Å². The predicted octanol–water partition coefficient (Wildman–Crippen LogP) is 17.9. The van der Waals surface area contributed by atoms with E-state index in [0.717, 1.165) is 30.0 Å². The van der Waals surface area contributed by atoms with E-state index in [1.807, 2.05) is 36.4 Å². The molecule has 0 fully saturated rings. The van der Waals surface area contributed by atoms with Crippen LogP contribution in [0.4, 0.5) is 17.1 Å². The zero-order valence-electron chi connectivity index (χ0n) is 37.0. The Morgan fingerprint density at radius 2 is 0.702 bits per heavy atom. The first-order valence-electron chi connectivity index (χ1n) is 24.1. The topological polar surface area (TPSA) is 75.5 Å².